The molecule has 2 aromatic rings. The number of carboxylic acid groups (broad SMARTS) is 1. The zero-order valence-electron chi connectivity index (χ0n) is 16.7. The number of ether oxygens (including phenoxy) is 1. The molecule has 1 saturated carbocycles. The predicted molar refractivity (Wildman–Crippen MR) is 114 cm³/mol. The number of carbonyl (C=O) groups is 1. The summed E-state index contributed by atoms with van der Waals surface area (Å²) in [4.78, 5) is 12.1. The smallest absolute Gasteiger partial charge is 0.311 e. The molecule has 150 valence electrons. The van der Waals surface area contributed by atoms with E-state index >= 15 is 0 Å². The number of hydrogen-bond acceptors (Lipinski definition) is 2. The van der Waals surface area contributed by atoms with Crippen LogP contribution >= 0.6 is 11.6 Å². The highest BCUT2D eigenvalue weighted by Gasteiger charge is 2.27. The van der Waals surface area contributed by atoms with E-state index in [-0.39, 0.29) is 0 Å². The first-order valence-electron chi connectivity index (χ1n) is 10.2. The summed E-state index contributed by atoms with van der Waals surface area (Å²) in [5.41, 5.74) is 2.60. The molecule has 3 nitrogen and oxygen atoms in total. The fraction of sp³-hybridized carbons (Fsp3) is 0.458. The highest BCUT2D eigenvalue weighted by atomic mass is 35.5. The van der Waals surface area contributed by atoms with E-state index in [1.807, 2.05) is 42.5 Å². The maximum Gasteiger partial charge on any atom is 0.311 e. The SMILES string of the molecule is CCCC(C)CC(C(=O)O)c1cc(-c2ccccc2)c(OCC2CC2)cc1Cl. The first kappa shape index (κ1) is 20.7. The number of carboxylic acids is 1. The highest BCUT2D eigenvalue weighted by Crippen LogP contribution is 2.41. The fourth-order valence-corrected chi connectivity index (χ4v) is 3.95. The molecule has 1 N–H and O–H groups in total. The van der Waals surface area contributed by atoms with Gasteiger partial charge in [-0.2, -0.15) is 0 Å². The maximum absolute atomic E-state index is 12.1. The van der Waals surface area contributed by atoms with Crippen LogP contribution in [0.1, 0.15) is 57.4 Å². The van der Waals surface area contributed by atoms with Crippen molar-refractivity contribution in [1.82, 2.24) is 0 Å². The molecule has 1 aliphatic carbocycles. The minimum absolute atomic E-state index is 0.327. The minimum Gasteiger partial charge on any atom is -0.493 e. The number of benzene rings is 2. The lowest BCUT2D eigenvalue weighted by Gasteiger charge is -2.21. The molecule has 0 heterocycles. The van der Waals surface area contributed by atoms with Gasteiger partial charge >= 0.3 is 5.97 Å². The summed E-state index contributed by atoms with van der Waals surface area (Å²) in [6, 6.07) is 13.7. The molecule has 0 amide bonds. The Morgan fingerprint density at radius 3 is 2.57 bits per heavy atom. The van der Waals surface area contributed by atoms with Crippen molar-refractivity contribution in [3.05, 3.63) is 53.1 Å². The highest BCUT2D eigenvalue weighted by molar-refractivity contribution is 6.32. The van der Waals surface area contributed by atoms with Crippen LogP contribution in [0.3, 0.4) is 0 Å². The summed E-state index contributed by atoms with van der Waals surface area (Å²) in [5, 5.41) is 10.4. The molecule has 28 heavy (non-hydrogen) atoms. The maximum atomic E-state index is 12.1. The van der Waals surface area contributed by atoms with Crippen LogP contribution in [0.4, 0.5) is 0 Å². The van der Waals surface area contributed by atoms with Crippen molar-refractivity contribution in [2.45, 2.75) is 51.9 Å². The van der Waals surface area contributed by atoms with Gasteiger partial charge in [-0.25, -0.2) is 0 Å². The van der Waals surface area contributed by atoms with Crippen LogP contribution in [-0.2, 0) is 4.79 Å². The van der Waals surface area contributed by atoms with E-state index in [1.54, 1.807) is 0 Å². The van der Waals surface area contributed by atoms with Gasteiger partial charge in [0.25, 0.3) is 0 Å². The molecule has 0 radical (unpaired) electrons. The Morgan fingerprint density at radius 2 is 1.96 bits per heavy atom. The van der Waals surface area contributed by atoms with E-state index in [0.29, 0.717) is 35.4 Å². The molecule has 3 rings (SSSR count). The van der Waals surface area contributed by atoms with Gasteiger partial charge in [0.05, 0.1) is 12.5 Å². The van der Waals surface area contributed by atoms with Gasteiger partial charge in [-0.05, 0) is 54.4 Å². The Morgan fingerprint density at radius 1 is 1.25 bits per heavy atom. The summed E-state index contributed by atoms with van der Waals surface area (Å²) >= 11 is 6.58. The molecule has 0 saturated heterocycles. The van der Waals surface area contributed by atoms with Crippen LogP contribution in [0, 0.1) is 11.8 Å². The molecular weight excluding hydrogens is 372 g/mol. The van der Waals surface area contributed by atoms with Crippen molar-refractivity contribution in [1.29, 1.82) is 0 Å². The molecule has 2 unspecified atom stereocenters. The lowest BCUT2D eigenvalue weighted by molar-refractivity contribution is -0.139. The number of rotatable bonds is 10. The number of hydrogen-bond donors (Lipinski definition) is 1. The Bertz CT molecular complexity index is 799. The third-order valence-electron chi connectivity index (χ3n) is 5.45. The van der Waals surface area contributed by atoms with Crippen LogP contribution in [0.2, 0.25) is 5.02 Å². The van der Waals surface area contributed by atoms with Gasteiger partial charge in [0.1, 0.15) is 5.75 Å². The van der Waals surface area contributed by atoms with Crippen LogP contribution < -0.4 is 4.74 Å². The molecule has 4 heteroatoms. The van der Waals surface area contributed by atoms with E-state index in [2.05, 4.69) is 13.8 Å². The van der Waals surface area contributed by atoms with Crippen molar-refractivity contribution in [3.63, 3.8) is 0 Å². The van der Waals surface area contributed by atoms with Crippen LogP contribution in [-0.4, -0.2) is 17.7 Å². The van der Waals surface area contributed by atoms with E-state index < -0.39 is 11.9 Å². The Hall–Kier alpha value is -2.00. The van der Waals surface area contributed by atoms with E-state index in [4.69, 9.17) is 16.3 Å². The summed E-state index contributed by atoms with van der Waals surface area (Å²) < 4.78 is 6.08. The monoisotopic (exact) mass is 400 g/mol. The Labute approximate surface area is 172 Å². The second kappa shape index (κ2) is 9.47. The van der Waals surface area contributed by atoms with Crippen molar-refractivity contribution in [2.75, 3.05) is 6.61 Å². The number of aliphatic carboxylic acids is 1. The zero-order valence-corrected chi connectivity index (χ0v) is 17.4. The molecule has 1 fully saturated rings. The predicted octanol–water partition coefficient (Wildman–Crippen LogP) is 6.79. The fourth-order valence-electron chi connectivity index (χ4n) is 3.67. The van der Waals surface area contributed by atoms with Gasteiger partial charge in [-0.15, -0.1) is 0 Å². The van der Waals surface area contributed by atoms with E-state index in [0.717, 1.165) is 29.7 Å². The standard InChI is InChI=1S/C24H29ClO3/c1-3-7-16(2)12-21(24(26)27)20-13-19(18-8-5-4-6-9-18)23(14-22(20)25)28-15-17-10-11-17/h4-6,8-9,13-14,16-17,21H,3,7,10-12,15H2,1-2H3,(H,26,27). The van der Waals surface area contributed by atoms with Gasteiger partial charge in [0, 0.05) is 10.6 Å². The Balaban J connectivity index is 1.99. The third-order valence-corrected chi connectivity index (χ3v) is 5.78. The van der Waals surface area contributed by atoms with Crippen LogP contribution in [0.25, 0.3) is 11.1 Å². The van der Waals surface area contributed by atoms with Crippen molar-refractivity contribution in [3.8, 4) is 16.9 Å². The zero-order chi connectivity index (χ0) is 20.1. The van der Waals surface area contributed by atoms with Gasteiger partial charge in [-0.3, -0.25) is 4.79 Å². The second-order valence-corrected chi connectivity index (χ2v) is 8.42. The minimum atomic E-state index is -0.824. The quantitative estimate of drug-likeness (QED) is 0.477. The summed E-state index contributed by atoms with van der Waals surface area (Å²) in [7, 11) is 0. The van der Waals surface area contributed by atoms with Gasteiger partial charge in [-0.1, -0.05) is 68.6 Å². The van der Waals surface area contributed by atoms with Gasteiger partial charge in [0.2, 0.25) is 0 Å². The molecule has 2 atom stereocenters. The first-order chi connectivity index (χ1) is 13.5. The summed E-state index contributed by atoms with van der Waals surface area (Å²) in [6.07, 6.45) is 5.06. The van der Waals surface area contributed by atoms with Gasteiger partial charge in [0.15, 0.2) is 0 Å². The molecule has 0 bridgehead atoms. The van der Waals surface area contributed by atoms with E-state index in [9.17, 15) is 9.90 Å². The van der Waals surface area contributed by atoms with Crippen molar-refractivity contribution >= 4 is 17.6 Å². The largest absolute Gasteiger partial charge is 0.493 e. The molecule has 2 aromatic carbocycles. The Kier molecular flexibility index (Phi) is 7.01. The normalized spacial score (nSPS) is 15.8. The molecular formula is C24H29ClO3. The van der Waals surface area contributed by atoms with Crippen LogP contribution in [0.15, 0.2) is 42.5 Å². The molecule has 0 spiro atoms. The van der Waals surface area contributed by atoms with E-state index in [1.165, 1.54) is 12.8 Å². The molecule has 1 aliphatic rings. The topological polar surface area (TPSA) is 46.5 Å². The average Bonchev–Trinajstić information content (AvgIpc) is 3.50. The van der Waals surface area contributed by atoms with Crippen molar-refractivity contribution < 1.29 is 14.6 Å². The molecule has 0 aromatic heterocycles. The third kappa shape index (κ3) is 5.29. The second-order valence-electron chi connectivity index (χ2n) is 8.01. The lowest BCUT2D eigenvalue weighted by Crippen LogP contribution is -2.16. The number of halogens is 1. The lowest BCUT2D eigenvalue weighted by atomic mass is 9.86. The summed E-state index contributed by atoms with van der Waals surface area (Å²) in [5.74, 6) is 0.249. The molecule has 0 aliphatic heterocycles. The average molecular weight is 401 g/mol. The van der Waals surface area contributed by atoms with Crippen LogP contribution in [0.5, 0.6) is 5.75 Å². The van der Waals surface area contributed by atoms with Crippen molar-refractivity contribution in [2.24, 2.45) is 11.8 Å². The first-order valence-corrected chi connectivity index (χ1v) is 10.6. The van der Waals surface area contributed by atoms with Gasteiger partial charge < -0.3 is 9.84 Å². The summed E-state index contributed by atoms with van der Waals surface area (Å²) in [6.45, 7) is 4.92.